The smallest absolute Gasteiger partial charge is 0.223 e. The van der Waals surface area contributed by atoms with Crippen molar-refractivity contribution < 1.29 is 4.79 Å². The number of carbonyl (C=O) groups excluding carboxylic acids is 1. The minimum absolute atomic E-state index is 0.182. The molecule has 2 unspecified atom stereocenters. The largest absolute Gasteiger partial charge is 0.356 e. The number of aryl methyl sites for hydroxylation is 1. The summed E-state index contributed by atoms with van der Waals surface area (Å²) in [6, 6.07) is 4.84. The zero-order chi connectivity index (χ0) is 18.1. The molecule has 3 fully saturated rings. The quantitative estimate of drug-likeness (QED) is 0.873. The fourth-order valence-corrected chi connectivity index (χ4v) is 5.22. The number of piperidine rings is 1. The third kappa shape index (κ3) is 3.73. The average Bonchev–Trinajstić information content (AvgIpc) is 2.63. The molecule has 1 saturated heterocycles. The number of rotatable bonds is 3. The minimum Gasteiger partial charge on any atom is -0.356 e. The second-order valence-electron chi connectivity index (χ2n) is 8.66. The van der Waals surface area contributed by atoms with Gasteiger partial charge in [-0.05, 0) is 68.9 Å². The van der Waals surface area contributed by atoms with Gasteiger partial charge in [0.15, 0.2) is 0 Å². The fraction of sp³-hybridized carbons (Fsp3) is 0.714. The molecular formula is C21H32N4O. The van der Waals surface area contributed by atoms with Crippen molar-refractivity contribution in [2.24, 2.45) is 23.5 Å². The van der Waals surface area contributed by atoms with Gasteiger partial charge in [-0.3, -0.25) is 4.79 Å². The number of pyridine rings is 1. The highest BCUT2D eigenvalue weighted by Crippen LogP contribution is 2.42. The number of nitrogens with two attached hydrogens (primary N) is 1. The molecule has 26 heavy (non-hydrogen) atoms. The van der Waals surface area contributed by atoms with E-state index in [1.807, 2.05) is 6.20 Å². The van der Waals surface area contributed by atoms with E-state index in [2.05, 4.69) is 34.3 Å². The van der Waals surface area contributed by atoms with E-state index in [0.717, 1.165) is 44.6 Å². The first-order chi connectivity index (χ1) is 12.6. The summed E-state index contributed by atoms with van der Waals surface area (Å²) in [6.07, 6.45) is 9.63. The van der Waals surface area contributed by atoms with E-state index in [4.69, 9.17) is 5.73 Å². The third-order valence-corrected chi connectivity index (χ3v) is 6.84. The van der Waals surface area contributed by atoms with E-state index < -0.39 is 0 Å². The molecular weight excluding hydrogens is 324 g/mol. The van der Waals surface area contributed by atoms with E-state index in [9.17, 15) is 4.79 Å². The van der Waals surface area contributed by atoms with Crippen LogP contribution in [0, 0.1) is 24.7 Å². The van der Waals surface area contributed by atoms with Crippen LogP contribution in [0.2, 0.25) is 0 Å². The minimum atomic E-state index is 0.182. The molecule has 5 heteroatoms. The van der Waals surface area contributed by atoms with E-state index >= 15 is 0 Å². The lowest BCUT2D eigenvalue weighted by Crippen LogP contribution is -2.51. The molecule has 2 bridgehead atoms. The molecule has 0 aromatic carbocycles. The molecule has 3 aliphatic rings. The molecule has 1 amide bonds. The van der Waals surface area contributed by atoms with Crippen LogP contribution in [0.25, 0.3) is 0 Å². The van der Waals surface area contributed by atoms with Crippen molar-refractivity contribution in [3.05, 3.63) is 23.9 Å². The Labute approximate surface area is 156 Å². The van der Waals surface area contributed by atoms with Crippen molar-refractivity contribution in [1.82, 2.24) is 10.3 Å². The van der Waals surface area contributed by atoms with Crippen LogP contribution in [-0.4, -0.2) is 36.1 Å². The summed E-state index contributed by atoms with van der Waals surface area (Å²) in [7, 11) is 0. The van der Waals surface area contributed by atoms with Gasteiger partial charge in [0.1, 0.15) is 5.82 Å². The number of hydrogen-bond acceptors (Lipinski definition) is 4. The third-order valence-electron chi connectivity index (χ3n) is 6.84. The summed E-state index contributed by atoms with van der Waals surface area (Å²) < 4.78 is 0. The van der Waals surface area contributed by atoms with Gasteiger partial charge in [0, 0.05) is 37.3 Å². The standard InChI is InChI=1S/C21H32N4O/c1-14-5-6-19(23-13-14)25-9-7-18(8-10-25)24-21(26)17-11-15-3-2-4-16(12-17)20(15)22/h5-6,13,15-18,20H,2-4,7-12,22H2,1H3,(H,24,26). The fourth-order valence-electron chi connectivity index (χ4n) is 5.22. The Bertz CT molecular complexity index is 609. The van der Waals surface area contributed by atoms with E-state index in [-0.39, 0.29) is 11.8 Å². The van der Waals surface area contributed by atoms with Crippen LogP contribution in [-0.2, 0) is 4.79 Å². The second-order valence-corrected chi connectivity index (χ2v) is 8.66. The van der Waals surface area contributed by atoms with Gasteiger partial charge >= 0.3 is 0 Å². The first kappa shape index (κ1) is 17.8. The lowest BCUT2D eigenvalue weighted by Gasteiger charge is -2.44. The van der Waals surface area contributed by atoms with Gasteiger partial charge in [0.05, 0.1) is 0 Å². The second kappa shape index (κ2) is 7.55. The van der Waals surface area contributed by atoms with Crippen LogP contribution in [0.15, 0.2) is 18.3 Å². The molecule has 2 aliphatic carbocycles. The highest BCUT2D eigenvalue weighted by molar-refractivity contribution is 5.79. The summed E-state index contributed by atoms with van der Waals surface area (Å²) in [6.45, 7) is 3.98. The zero-order valence-corrected chi connectivity index (χ0v) is 15.9. The number of nitrogens with zero attached hydrogens (tertiary/aromatic N) is 2. The van der Waals surface area contributed by atoms with Gasteiger partial charge in [-0.25, -0.2) is 4.98 Å². The number of hydrogen-bond donors (Lipinski definition) is 2. The molecule has 0 spiro atoms. The normalized spacial score (nSPS) is 32.3. The zero-order valence-electron chi connectivity index (χ0n) is 15.9. The molecule has 1 aromatic rings. The Hall–Kier alpha value is -1.62. The maximum Gasteiger partial charge on any atom is 0.223 e. The molecule has 142 valence electrons. The Morgan fingerprint density at radius 2 is 1.85 bits per heavy atom. The summed E-state index contributed by atoms with van der Waals surface area (Å²) in [5.74, 6) is 2.64. The van der Waals surface area contributed by atoms with E-state index in [1.54, 1.807) is 0 Å². The molecule has 0 radical (unpaired) electrons. The first-order valence-corrected chi connectivity index (χ1v) is 10.3. The summed E-state index contributed by atoms with van der Waals surface area (Å²) in [4.78, 5) is 19.7. The van der Waals surface area contributed by atoms with Crippen LogP contribution in [0.5, 0.6) is 0 Å². The number of aromatic nitrogens is 1. The van der Waals surface area contributed by atoms with Crippen molar-refractivity contribution in [2.75, 3.05) is 18.0 Å². The predicted octanol–water partition coefficient (Wildman–Crippen LogP) is 2.63. The number of nitrogens with one attached hydrogen (secondary N) is 1. The molecule has 2 heterocycles. The first-order valence-electron chi connectivity index (χ1n) is 10.3. The van der Waals surface area contributed by atoms with Crippen LogP contribution in [0.3, 0.4) is 0 Å². The molecule has 4 rings (SSSR count). The van der Waals surface area contributed by atoms with E-state index in [1.165, 1.54) is 24.8 Å². The van der Waals surface area contributed by atoms with Crippen molar-refractivity contribution in [3.8, 4) is 0 Å². The predicted molar refractivity (Wildman–Crippen MR) is 104 cm³/mol. The molecule has 1 aliphatic heterocycles. The van der Waals surface area contributed by atoms with Crippen LogP contribution >= 0.6 is 0 Å². The van der Waals surface area contributed by atoms with Crippen LogP contribution < -0.4 is 16.0 Å². The van der Waals surface area contributed by atoms with Gasteiger partial charge < -0.3 is 16.0 Å². The molecule has 2 atom stereocenters. The Morgan fingerprint density at radius 3 is 2.46 bits per heavy atom. The van der Waals surface area contributed by atoms with Gasteiger partial charge in [0.25, 0.3) is 0 Å². The number of anilines is 1. The highest BCUT2D eigenvalue weighted by Gasteiger charge is 2.40. The van der Waals surface area contributed by atoms with Crippen molar-refractivity contribution in [1.29, 1.82) is 0 Å². The summed E-state index contributed by atoms with van der Waals surface area (Å²) >= 11 is 0. The Morgan fingerprint density at radius 1 is 1.15 bits per heavy atom. The molecule has 5 nitrogen and oxygen atoms in total. The summed E-state index contributed by atoms with van der Waals surface area (Å²) in [5, 5.41) is 3.35. The van der Waals surface area contributed by atoms with Crippen molar-refractivity contribution in [2.45, 2.75) is 64.0 Å². The Kier molecular flexibility index (Phi) is 5.16. The lowest BCUT2D eigenvalue weighted by molar-refractivity contribution is -0.128. The monoisotopic (exact) mass is 356 g/mol. The van der Waals surface area contributed by atoms with Crippen molar-refractivity contribution >= 4 is 11.7 Å². The highest BCUT2D eigenvalue weighted by atomic mass is 16.1. The SMILES string of the molecule is Cc1ccc(N2CCC(NC(=O)C3CC4CCCC(C3)C4N)CC2)nc1. The van der Waals surface area contributed by atoms with Crippen LogP contribution in [0.4, 0.5) is 5.82 Å². The van der Waals surface area contributed by atoms with Gasteiger partial charge in [-0.1, -0.05) is 12.5 Å². The van der Waals surface area contributed by atoms with Gasteiger partial charge in [-0.2, -0.15) is 0 Å². The number of amides is 1. The summed E-state index contributed by atoms with van der Waals surface area (Å²) in [5.41, 5.74) is 7.56. The van der Waals surface area contributed by atoms with E-state index in [0.29, 0.717) is 23.9 Å². The maximum atomic E-state index is 12.8. The molecule has 3 N–H and O–H groups in total. The van der Waals surface area contributed by atoms with Crippen molar-refractivity contribution in [3.63, 3.8) is 0 Å². The molecule has 1 aromatic heterocycles. The number of carbonyl (C=O) groups is 1. The average molecular weight is 357 g/mol. The van der Waals surface area contributed by atoms with Crippen LogP contribution in [0.1, 0.15) is 50.5 Å². The lowest BCUT2D eigenvalue weighted by atomic mass is 9.65. The Balaban J connectivity index is 1.28. The maximum absolute atomic E-state index is 12.8. The molecule has 2 saturated carbocycles. The van der Waals surface area contributed by atoms with Gasteiger partial charge in [0.2, 0.25) is 5.91 Å². The number of fused-ring (bicyclic) bond motifs is 2. The topological polar surface area (TPSA) is 71.2 Å². The van der Waals surface area contributed by atoms with Gasteiger partial charge in [-0.15, -0.1) is 0 Å².